The summed E-state index contributed by atoms with van der Waals surface area (Å²) in [5.41, 5.74) is 0.783. The predicted molar refractivity (Wildman–Crippen MR) is 72.7 cm³/mol. The third kappa shape index (κ3) is 3.25. The van der Waals surface area contributed by atoms with Gasteiger partial charge in [0, 0.05) is 23.0 Å². The molecule has 0 bridgehead atoms. The van der Waals surface area contributed by atoms with Crippen LogP contribution in [0.1, 0.15) is 43.0 Å². The average Bonchev–Trinajstić information content (AvgIpc) is 3.14. The van der Waals surface area contributed by atoms with Gasteiger partial charge in [0.05, 0.1) is 0 Å². The van der Waals surface area contributed by atoms with E-state index in [2.05, 4.69) is 19.6 Å². The molecule has 1 aromatic carbocycles. The first-order valence-electron chi connectivity index (χ1n) is 6.32. The normalized spacial score (nSPS) is 14.7. The van der Waals surface area contributed by atoms with Crippen LogP contribution in [0.15, 0.2) is 29.2 Å². The summed E-state index contributed by atoms with van der Waals surface area (Å²) in [4.78, 5) is 15.3. The van der Waals surface area contributed by atoms with Crippen molar-refractivity contribution in [2.24, 2.45) is 0 Å². The zero-order valence-electron chi connectivity index (χ0n) is 10.2. The lowest BCUT2D eigenvalue weighted by Gasteiger charge is -2.22. The summed E-state index contributed by atoms with van der Waals surface area (Å²) in [7, 11) is 0. The molecular weight excluding hydrogens is 230 g/mol. The molecule has 1 saturated carbocycles. The largest absolute Gasteiger partial charge is 0.336 e. The summed E-state index contributed by atoms with van der Waals surface area (Å²) < 4.78 is 0. The number of hydrogen-bond donors (Lipinski definition) is 1. The number of rotatable bonds is 5. The summed E-state index contributed by atoms with van der Waals surface area (Å²) in [6.07, 6.45) is 4.55. The van der Waals surface area contributed by atoms with Gasteiger partial charge in [-0.3, -0.25) is 4.79 Å². The van der Waals surface area contributed by atoms with Gasteiger partial charge in [0.25, 0.3) is 5.91 Å². The van der Waals surface area contributed by atoms with E-state index in [0.717, 1.165) is 29.8 Å². The molecule has 2 rings (SSSR count). The Morgan fingerprint density at radius 1 is 1.35 bits per heavy atom. The third-order valence-corrected chi connectivity index (χ3v) is 3.41. The molecule has 0 radical (unpaired) electrons. The molecule has 1 fully saturated rings. The fourth-order valence-electron chi connectivity index (χ4n) is 1.93. The Bertz CT molecular complexity index is 384. The molecule has 0 spiro atoms. The van der Waals surface area contributed by atoms with Gasteiger partial charge >= 0.3 is 0 Å². The SMILES string of the molecule is CCCCN(C(=O)c1ccc(S)cc1)C1CC1. The highest BCUT2D eigenvalue weighted by Gasteiger charge is 2.32. The minimum absolute atomic E-state index is 0.175. The maximum atomic E-state index is 12.3. The maximum absolute atomic E-state index is 12.3. The van der Waals surface area contributed by atoms with E-state index in [0.29, 0.717) is 6.04 Å². The third-order valence-electron chi connectivity index (χ3n) is 3.12. The summed E-state index contributed by atoms with van der Waals surface area (Å²) in [6, 6.07) is 7.98. The number of benzene rings is 1. The molecule has 0 saturated heterocycles. The zero-order valence-corrected chi connectivity index (χ0v) is 11.1. The highest BCUT2D eigenvalue weighted by molar-refractivity contribution is 7.80. The van der Waals surface area contributed by atoms with Crippen LogP contribution in [-0.2, 0) is 0 Å². The molecule has 1 aromatic rings. The van der Waals surface area contributed by atoms with Crippen LogP contribution in [0.25, 0.3) is 0 Å². The van der Waals surface area contributed by atoms with Gasteiger partial charge in [-0.2, -0.15) is 0 Å². The topological polar surface area (TPSA) is 20.3 Å². The lowest BCUT2D eigenvalue weighted by atomic mass is 10.2. The summed E-state index contributed by atoms with van der Waals surface area (Å²) >= 11 is 4.24. The zero-order chi connectivity index (χ0) is 12.3. The van der Waals surface area contributed by atoms with E-state index in [-0.39, 0.29) is 5.91 Å². The van der Waals surface area contributed by atoms with E-state index < -0.39 is 0 Å². The molecular formula is C14H19NOS. The Morgan fingerprint density at radius 3 is 2.53 bits per heavy atom. The minimum atomic E-state index is 0.175. The van der Waals surface area contributed by atoms with Crippen molar-refractivity contribution in [3.05, 3.63) is 29.8 Å². The molecule has 1 aliphatic rings. The van der Waals surface area contributed by atoms with Gasteiger partial charge in [-0.05, 0) is 43.5 Å². The molecule has 92 valence electrons. The molecule has 0 aromatic heterocycles. The fourth-order valence-corrected chi connectivity index (χ4v) is 2.08. The maximum Gasteiger partial charge on any atom is 0.254 e. The lowest BCUT2D eigenvalue weighted by molar-refractivity contribution is 0.0740. The Kier molecular flexibility index (Phi) is 4.11. The quantitative estimate of drug-likeness (QED) is 0.793. The first-order chi connectivity index (χ1) is 8.22. The van der Waals surface area contributed by atoms with E-state index in [9.17, 15) is 4.79 Å². The molecule has 0 atom stereocenters. The molecule has 0 N–H and O–H groups in total. The van der Waals surface area contributed by atoms with Crippen molar-refractivity contribution in [3.8, 4) is 0 Å². The van der Waals surface area contributed by atoms with Crippen LogP contribution in [0.3, 0.4) is 0 Å². The van der Waals surface area contributed by atoms with Crippen LogP contribution in [-0.4, -0.2) is 23.4 Å². The van der Waals surface area contributed by atoms with Crippen LogP contribution in [0.2, 0.25) is 0 Å². The summed E-state index contributed by atoms with van der Waals surface area (Å²) in [5.74, 6) is 0.175. The number of thiol groups is 1. The smallest absolute Gasteiger partial charge is 0.254 e. The predicted octanol–water partition coefficient (Wildman–Crippen LogP) is 3.38. The molecule has 0 aliphatic heterocycles. The fraction of sp³-hybridized carbons (Fsp3) is 0.500. The summed E-state index contributed by atoms with van der Waals surface area (Å²) in [6.45, 7) is 3.05. The lowest BCUT2D eigenvalue weighted by Crippen LogP contribution is -2.33. The van der Waals surface area contributed by atoms with Crippen LogP contribution in [0.5, 0.6) is 0 Å². The molecule has 17 heavy (non-hydrogen) atoms. The number of carbonyl (C=O) groups is 1. The second-order valence-corrected chi connectivity index (χ2v) is 5.15. The van der Waals surface area contributed by atoms with Crippen LogP contribution >= 0.6 is 12.6 Å². The van der Waals surface area contributed by atoms with Gasteiger partial charge in [0.1, 0.15) is 0 Å². The van der Waals surface area contributed by atoms with Gasteiger partial charge in [-0.15, -0.1) is 12.6 Å². The first kappa shape index (κ1) is 12.5. The Labute approximate surface area is 108 Å². The van der Waals surface area contributed by atoms with Crippen molar-refractivity contribution in [1.82, 2.24) is 4.90 Å². The van der Waals surface area contributed by atoms with E-state index >= 15 is 0 Å². The van der Waals surface area contributed by atoms with E-state index in [1.165, 1.54) is 12.8 Å². The Hall–Kier alpha value is -0.960. The van der Waals surface area contributed by atoms with Crippen molar-refractivity contribution >= 4 is 18.5 Å². The molecule has 3 heteroatoms. The summed E-state index contributed by atoms with van der Waals surface area (Å²) in [5, 5.41) is 0. The van der Waals surface area contributed by atoms with E-state index in [4.69, 9.17) is 0 Å². The van der Waals surface area contributed by atoms with E-state index in [1.807, 2.05) is 29.2 Å². The van der Waals surface area contributed by atoms with Crippen molar-refractivity contribution < 1.29 is 4.79 Å². The van der Waals surface area contributed by atoms with Crippen LogP contribution in [0.4, 0.5) is 0 Å². The highest BCUT2D eigenvalue weighted by atomic mass is 32.1. The van der Waals surface area contributed by atoms with Crippen molar-refractivity contribution in [1.29, 1.82) is 0 Å². The second kappa shape index (κ2) is 5.58. The number of carbonyl (C=O) groups excluding carboxylic acids is 1. The number of nitrogens with zero attached hydrogens (tertiary/aromatic N) is 1. The Balaban J connectivity index is 2.07. The van der Waals surface area contributed by atoms with Crippen molar-refractivity contribution in [2.45, 2.75) is 43.5 Å². The van der Waals surface area contributed by atoms with Gasteiger partial charge in [0.15, 0.2) is 0 Å². The van der Waals surface area contributed by atoms with Gasteiger partial charge in [-0.1, -0.05) is 13.3 Å². The van der Waals surface area contributed by atoms with E-state index in [1.54, 1.807) is 0 Å². The highest BCUT2D eigenvalue weighted by Crippen LogP contribution is 2.28. The van der Waals surface area contributed by atoms with Gasteiger partial charge < -0.3 is 4.90 Å². The van der Waals surface area contributed by atoms with Crippen LogP contribution in [0, 0.1) is 0 Å². The minimum Gasteiger partial charge on any atom is -0.336 e. The number of amides is 1. The van der Waals surface area contributed by atoms with Crippen molar-refractivity contribution in [2.75, 3.05) is 6.54 Å². The standard InChI is InChI=1S/C14H19NOS/c1-2-3-10-15(12-6-7-12)14(16)11-4-8-13(17)9-5-11/h4-5,8-9,12,17H,2-3,6-7,10H2,1H3. The molecule has 1 amide bonds. The molecule has 1 aliphatic carbocycles. The molecule has 0 unspecified atom stereocenters. The molecule has 0 heterocycles. The van der Waals surface area contributed by atoms with Gasteiger partial charge in [-0.25, -0.2) is 0 Å². The first-order valence-corrected chi connectivity index (χ1v) is 6.77. The monoisotopic (exact) mass is 249 g/mol. The molecule has 2 nitrogen and oxygen atoms in total. The number of hydrogen-bond acceptors (Lipinski definition) is 2. The second-order valence-electron chi connectivity index (χ2n) is 4.63. The van der Waals surface area contributed by atoms with Crippen molar-refractivity contribution in [3.63, 3.8) is 0 Å². The van der Waals surface area contributed by atoms with Gasteiger partial charge in [0.2, 0.25) is 0 Å². The number of unbranched alkanes of at least 4 members (excludes halogenated alkanes) is 1. The van der Waals surface area contributed by atoms with Crippen LogP contribution < -0.4 is 0 Å². The Morgan fingerprint density at radius 2 is 2.00 bits per heavy atom. The average molecular weight is 249 g/mol.